The molecule has 18 heavy (non-hydrogen) atoms. The number of likely N-dealkylation sites (tertiary alicyclic amines) is 1. The highest BCUT2D eigenvalue weighted by atomic mass is 32.1. The van der Waals surface area contributed by atoms with Crippen molar-refractivity contribution in [1.82, 2.24) is 10.2 Å². The Morgan fingerprint density at radius 1 is 1.50 bits per heavy atom. The zero-order valence-electron chi connectivity index (χ0n) is 10.9. The lowest BCUT2D eigenvalue weighted by molar-refractivity contribution is 0.0956. The number of carbonyl (C=O) groups is 1. The number of carbonyl (C=O) groups excluding carboxylic acids is 1. The average Bonchev–Trinajstić information content (AvgIpc) is 2.96. The van der Waals surface area contributed by atoms with E-state index in [1.54, 1.807) is 6.07 Å². The fourth-order valence-electron chi connectivity index (χ4n) is 2.21. The quantitative estimate of drug-likeness (QED) is 0.801. The molecule has 0 saturated carbocycles. The Hall–Kier alpha value is -1.07. The Balaban J connectivity index is 1.68. The van der Waals surface area contributed by atoms with Crippen molar-refractivity contribution in [2.75, 3.05) is 31.9 Å². The first-order chi connectivity index (χ1) is 8.66. The molecule has 0 spiro atoms. The van der Waals surface area contributed by atoms with Crippen LogP contribution in [0.3, 0.4) is 0 Å². The molecule has 5 heteroatoms. The second-order valence-corrected chi connectivity index (χ2v) is 6.04. The summed E-state index contributed by atoms with van der Waals surface area (Å²) in [4.78, 5) is 16.0. The van der Waals surface area contributed by atoms with Crippen LogP contribution in [0.25, 0.3) is 0 Å². The van der Waals surface area contributed by atoms with Gasteiger partial charge in [-0.1, -0.05) is 0 Å². The third-order valence-electron chi connectivity index (χ3n) is 3.32. The molecule has 4 nitrogen and oxygen atoms in total. The van der Waals surface area contributed by atoms with E-state index in [2.05, 4.69) is 10.2 Å². The van der Waals surface area contributed by atoms with Crippen LogP contribution in [-0.2, 0) is 0 Å². The van der Waals surface area contributed by atoms with Gasteiger partial charge in [0.25, 0.3) is 5.91 Å². The Kier molecular flexibility index (Phi) is 4.60. The maximum Gasteiger partial charge on any atom is 0.261 e. The summed E-state index contributed by atoms with van der Waals surface area (Å²) in [6, 6.07) is 1.76. The van der Waals surface area contributed by atoms with Gasteiger partial charge in [0.15, 0.2) is 0 Å². The maximum atomic E-state index is 11.8. The first-order valence-corrected chi connectivity index (χ1v) is 7.35. The molecule has 1 aliphatic heterocycles. The topological polar surface area (TPSA) is 58.4 Å². The number of thiophene rings is 1. The van der Waals surface area contributed by atoms with Crippen LogP contribution in [0, 0.1) is 6.92 Å². The minimum Gasteiger partial charge on any atom is -0.398 e. The molecule has 1 aromatic heterocycles. The van der Waals surface area contributed by atoms with E-state index in [1.165, 1.54) is 37.3 Å². The summed E-state index contributed by atoms with van der Waals surface area (Å²) in [5, 5.41) is 2.95. The molecule has 0 aliphatic carbocycles. The van der Waals surface area contributed by atoms with E-state index in [-0.39, 0.29) is 5.91 Å². The lowest BCUT2D eigenvalue weighted by Gasteiger charge is -2.14. The summed E-state index contributed by atoms with van der Waals surface area (Å²) >= 11 is 1.46. The number of nitrogen functional groups attached to an aromatic ring is 1. The van der Waals surface area contributed by atoms with E-state index >= 15 is 0 Å². The summed E-state index contributed by atoms with van der Waals surface area (Å²) in [6.07, 6.45) is 3.66. The first kappa shape index (κ1) is 13.4. The number of amides is 1. The number of nitrogens with one attached hydrogen (secondary N) is 1. The van der Waals surface area contributed by atoms with E-state index < -0.39 is 0 Å². The van der Waals surface area contributed by atoms with Crippen molar-refractivity contribution in [3.05, 3.63) is 15.8 Å². The van der Waals surface area contributed by atoms with Crippen molar-refractivity contribution in [2.45, 2.75) is 26.2 Å². The van der Waals surface area contributed by atoms with E-state index in [9.17, 15) is 4.79 Å². The molecule has 1 fully saturated rings. The molecule has 1 amide bonds. The highest BCUT2D eigenvalue weighted by Gasteiger charge is 2.12. The summed E-state index contributed by atoms with van der Waals surface area (Å²) in [5.74, 6) is 0.00113. The molecule has 2 heterocycles. The van der Waals surface area contributed by atoms with Gasteiger partial charge in [-0.15, -0.1) is 11.3 Å². The minimum atomic E-state index is 0.00113. The molecule has 0 unspecified atom stereocenters. The number of nitrogens with two attached hydrogens (primary N) is 1. The lowest BCUT2D eigenvalue weighted by atomic mass is 10.3. The smallest absolute Gasteiger partial charge is 0.261 e. The normalized spacial score (nSPS) is 16.1. The highest BCUT2D eigenvalue weighted by Crippen LogP contribution is 2.23. The van der Waals surface area contributed by atoms with Crippen LogP contribution in [0.1, 0.15) is 33.8 Å². The Labute approximate surface area is 112 Å². The summed E-state index contributed by atoms with van der Waals surface area (Å²) < 4.78 is 0. The molecule has 0 bridgehead atoms. The standard InChI is InChI=1S/C13H21N3OS/c1-10-11(14)9-12(18-10)13(17)15-5-4-8-16-6-2-3-7-16/h9H,2-8,14H2,1H3,(H,15,17). The van der Waals surface area contributed by atoms with Gasteiger partial charge in [-0.3, -0.25) is 4.79 Å². The molecular weight excluding hydrogens is 246 g/mol. The Morgan fingerprint density at radius 3 is 2.83 bits per heavy atom. The first-order valence-electron chi connectivity index (χ1n) is 6.53. The van der Waals surface area contributed by atoms with Crippen LogP contribution >= 0.6 is 11.3 Å². The SMILES string of the molecule is Cc1sc(C(=O)NCCCN2CCCC2)cc1N. The third-order valence-corrected chi connectivity index (χ3v) is 4.38. The number of hydrogen-bond donors (Lipinski definition) is 2. The molecule has 2 rings (SSSR count). The van der Waals surface area contributed by atoms with Gasteiger partial charge in [0, 0.05) is 17.1 Å². The van der Waals surface area contributed by atoms with Crippen LogP contribution in [0.4, 0.5) is 5.69 Å². The van der Waals surface area contributed by atoms with Gasteiger partial charge in [-0.2, -0.15) is 0 Å². The van der Waals surface area contributed by atoms with Crippen molar-refractivity contribution in [2.24, 2.45) is 0 Å². The fraction of sp³-hybridized carbons (Fsp3) is 0.615. The van der Waals surface area contributed by atoms with Crippen molar-refractivity contribution >= 4 is 22.9 Å². The maximum absolute atomic E-state index is 11.8. The number of hydrogen-bond acceptors (Lipinski definition) is 4. The molecule has 1 aromatic rings. The number of aryl methyl sites for hydroxylation is 1. The zero-order chi connectivity index (χ0) is 13.0. The van der Waals surface area contributed by atoms with Crippen LogP contribution in [-0.4, -0.2) is 37.0 Å². The van der Waals surface area contributed by atoms with Crippen molar-refractivity contribution in [3.63, 3.8) is 0 Å². The van der Waals surface area contributed by atoms with Crippen molar-refractivity contribution < 1.29 is 4.79 Å². The molecule has 0 atom stereocenters. The van der Waals surface area contributed by atoms with Crippen LogP contribution in [0.2, 0.25) is 0 Å². The van der Waals surface area contributed by atoms with E-state index in [0.717, 1.165) is 24.4 Å². The predicted octanol–water partition coefficient (Wildman–Crippen LogP) is 1.85. The third kappa shape index (κ3) is 3.46. The molecule has 100 valence electrons. The summed E-state index contributed by atoms with van der Waals surface area (Å²) in [6.45, 7) is 6.20. The number of rotatable bonds is 5. The molecule has 1 saturated heterocycles. The number of nitrogens with zero attached hydrogens (tertiary/aromatic N) is 1. The van der Waals surface area contributed by atoms with E-state index in [4.69, 9.17) is 5.73 Å². The van der Waals surface area contributed by atoms with Crippen LogP contribution in [0.5, 0.6) is 0 Å². The van der Waals surface area contributed by atoms with Gasteiger partial charge in [0.05, 0.1) is 4.88 Å². The van der Waals surface area contributed by atoms with Gasteiger partial charge < -0.3 is 16.0 Å². The van der Waals surface area contributed by atoms with Gasteiger partial charge >= 0.3 is 0 Å². The van der Waals surface area contributed by atoms with Gasteiger partial charge in [0.2, 0.25) is 0 Å². The number of anilines is 1. The Bertz CT molecular complexity index is 391. The van der Waals surface area contributed by atoms with Crippen molar-refractivity contribution in [3.8, 4) is 0 Å². The van der Waals surface area contributed by atoms with E-state index in [0.29, 0.717) is 10.6 Å². The molecule has 3 N–H and O–H groups in total. The van der Waals surface area contributed by atoms with Gasteiger partial charge in [-0.05, 0) is 51.9 Å². The van der Waals surface area contributed by atoms with E-state index in [1.807, 2.05) is 6.92 Å². The Morgan fingerprint density at radius 2 is 2.22 bits per heavy atom. The zero-order valence-corrected chi connectivity index (χ0v) is 11.7. The fourth-order valence-corrected chi connectivity index (χ4v) is 3.06. The molecule has 1 aliphatic rings. The molecule has 0 radical (unpaired) electrons. The van der Waals surface area contributed by atoms with Gasteiger partial charge in [0.1, 0.15) is 0 Å². The second-order valence-electron chi connectivity index (χ2n) is 4.78. The monoisotopic (exact) mass is 267 g/mol. The minimum absolute atomic E-state index is 0.00113. The summed E-state index contributed by atoms with van der Waals surface area (Å²) in [7, 11) is 0. The average molecular weight is 267 g/mol. The van der Waals surface area contributed by atoms with Crippen LogP contribution in [0.15, 0.2) is 6.07 Å². The predicted molar refractivity (Wildman–Crippen MR) is 76.1 cm³/mol. The lowest BCUT2D eigenvalue weighted by Crippen LogP contribution is -2.28. The van der Waals surface area contributed by atoms with Gasteiger partial charge in [-0.25, -0.2) is 0 Å². The highest BCUT2D eigenvalue weighted by molar-refractivity contribution is 7.14. The molecular formula is C13H21N3OS. The summed E-state index contributed by atoms with van der Waals surface area (Å²) in [5.41, 5.74) is 6.45. The van der Waals surface area contributed by atoms with Crippen LogP contribution < -0.4 is 11.1 Å². The largest absolute Gasteiger partial charge is 0.398 e. The van der Waals surface area contributed by atoms with Crippen molar-refractivity contribution in [1.29, 1.82) is 0 Å². The second kappa shape index (κ2) is 6.20. The molecule has 0 aromatic carbocycles.